The van der Waals surface area contributed by atoms with Gasteiger partial charge in [-0.3, -0.25) is 37.3 Å². The zero-order chi connectivity index (χ0) is 69.8. The summed E-state index contributed by atoms with van der Waals surface area (Å²) in [5, 5.41) is 10.6. The lowest BCUT2D eigenvalue weighted by atomic mass is 10.0. The molecule has 0 aliphatic heterocycles. The van der Waals surface area contributed by atoms with Crippen LogP contribution >= 0.6 is 15.6 Å². The first-order valence-corrected chi connectivity index (χ1v) is 42.6. The number of rotatable bonds is 76. The summed E-state index contributed by atoms with van der Waals surface area (Å²) in [6, 6.07) is 0. The Morgan fingerprint density at radius 2 is 0.484 bits per heavy atom. The van der Waals surface area contributed by atoms with Crippen molar-refractivity contribution in [3.63, 3.8) is 0 Å². The van der Waals surface area contributed by atoms with Crippen LogP contribution < -0.4 is 0 Å². The van der Waals surface area contributed by atoms with Crippen LogP contribution in [-0.4, -0.2) is 96.7 Å². The van der Waals surface area contributed by atoms with E-state index in [-0.39, 0.29) is 25.7 Å². The molecule has 19 heteroatoms. The van der Waals surface area contributed by atoms with Crippen molar-refractivity contribution >= 4 is 39.5 Å². The van der Waals surface area contributed by atoms with Crippen LogP contribution in [0.3, 0.4) is 0 Å². The minimum absolute atomic E-state index is 0.108. The van der Waals surface area contributed by atoms with Gasteiger partial charge in [-0.25, -0.2) is 9.13 Å². The fourth-order valence-corrected chi connectivity index (χ4v) is 13.3. The normalized spacial score (nSPS) is 13.9. The van der Waals surface area contributed by atoms with Gasteiger partial charge >= 0.3 is 39.5 Å². The average molecular weight is 1400 g/mol. The number of ether oxygens (including phenoxy) is 4. The number of hydrogen-bond donors (Lipinski definition) is 3. The van der Waals surface area contributed by atoms with Gasteiger partial charge in [-0.15, -0.1) is 0 Å². The van der Waals surface area contributed by atoms with Gasteiger partial charge in [0.2, 0.25) is 0 Å². The van der Waals surface area contributed by atoms with Crippen LogP contribution in [0.25, 0.3) is 0 Å². The van der Waals surface area contributed by atoms with Crippen LogP contribution in [0.1, 0.15) is 401 Å². The van der Waals surface area contributed by atoms with Crippen LogP contribution in [0.4, 0.5) is 0 Å². The molecule has 0 spiro atoms. The Morgan fingerprint density at radius 1 is 0.284 bits per heavy atom. The molecule has 0 aromatic heterocycles. The molecule has 95 heavy (non-hydrogen) atoms. The summed E-state index contributed by atoms with van der Waals surface area (Å²) in [4.78, 5) is 72.9. The van der Waals surface area contributed by atoms with Gasteiger partial charge < -0.3 is 33.8 Å². The molecule has 0 rings (SSSR count). The van der Waals surface area contributed by atoms with Crippen LogP contribution in [0.5, 0.6) is 0 Å². The maximum absolute atomic E-state index is 13.1. The summed E-state index contributed by atoms with van der Waals surface area (Å²) < 4.78 is 68.6. The number of carbonyl (C=O) groups excluding carboxylic acids is 4. The van der Waals surface area contributed by atoms with Crippen molar-refractivity contribution in [1.82, 2.24) is 0 Å². The molecule has 0 radical (unpaired) electrons. The second-order valence-corrected chi connectivity index (χ2v) is 30.8. The molecule has 0 saturated heterocycles. The van der Waals surface area contributed by atoms with Gasteiger partial charge in [-0.05, 0) is 31.6 Å². The number of unbranched alkanes of at least 4 members (excludes halogenated alkanes) is 48. The highest BCUT2D eigenvalue weighted by Crippen LogP contribution is 2.45. The summed E-state index contributed by atoms with van der Waals surface area (Å²) in [5.74, 6) is -1.37. The lowest BCUT2D eigenvalue weighted by Gasteiger charge is -2.21. The zero-order valence-electron chi connectivity index (χ0n) is 61.8. The number of carbonyl (C=O) groups is 4. The molecular weight excluding hydrogens is 1250 g/mol. The highest BCUT2D eigenvalue weighted by molar-refractivity contribution is 7.47. The van der Waals surface area contributed by atoms with Gasteiger partial charge in [0.15, 0.2) is 12.2 Å². The molecule has 0 aliphatic rings. The topological polar surface area (TPSA) is 237 Å². The number of phosphoric ester groups is 2. The van der Waals surface area contributed by atoms with Crippen molar-refractivity contribution in [2.24, 2.45) is 5.92 Å². The highest BCUT2D eigenvalue weighted by Gasteiger charge is 2.30. The standard InChI is InChI=1S/C76H148O17P2/c1-6-9-12-15-18-21-24-27-29-32-34-39-44-49-54-59-73(78)86-65-71(92-76(81)62-57-52-47-41-36-33-30-28-25-22-19-16-13-10-7-2)67-90-94(82,83)88-63-70(77)64-89-95(84,85)91-68-72(66-87-74(79)60-55-50-45-42-37-38-43-48-53-58-69(4)5)93-75(80)61-56-51-46-40-35-31-26-23-20-17-14-11-8-3/h69-72,77H,6-68H2,1-5H3,(H,82,83)(H,84,85)/t70-,71-,72-/m1/s1. The Kier molecular flexibility index (Phi) is 67.7. The van der Waals surface area contributed by atoms with E-state index >= 15 is 0 Å². The Labute approximate surface area is 581 Å². The zero-order valence-corrected chi connectivity index (χ0v) is 63.6. The van der Waals surface area contributed by atoms with E-state index in [1.54, 1.807) is 0 Å². The van der Waals surface area contributed by atoms with Gasteiger partial charge in [0.05, 0.1) is 26.4 Å². The summed E-state index contributed by atoms with van der Waals surface area (Å²) in [5.41, 5.74) is 0. The first kappa shape index (κ1) is 93.1. The number of esters is 4. The first-order valence-electron chi connectivity index (χ1n) is 39.6. The summed E-state index contributed by atoms with van der Waals surface area (Å²) in [7, 11) is -9.91. The van der Waals surface area contributed by atoms with Crippen molar-refractivity contribution in [2.45, 2.75) is 419 Å². The molecule has 0 amide bonds. The van der Waals surface area contributed by atoms with Crippen molar-refractivity contribution in [3.8, 4) is 0 Å². The molecule has 0 fully saturated rings. The van der Waals surface area contributed by atoms with Crippen LogP contribution in [-0.2, 0) is 65.4 Å². The van der Waals surface area contributed by atoms with Crippen LogP contribution in [0, 0.1) is 5.92 Å². The molecule has 0 aromatic rings. The van der Waals surface area contributed by atoms with Crippen molar-refractivity contribution < 1.29 is 80.2 Å². The third-order valence-corrected chi connectivity index (χ3v) is 19.7. The summed E-state index contributed by atoms with van der Waals surface area (Å²) in [6.07, 6.45) is 58.1. The Morgan fingerprint density at radius 3 is 0.716 bits per heavy atom. The molecule has 0 heterocycles. The fraction of sp³-hybridized carbons (Fsp3) is 0.947. The fourth-order valence-electron chi connectivity index (χ4n) is 11.7. The second kappa shape index (κ2) is 69.2. The Bertz CT molecular complexity index is 1820. The molecule has 0 aromatic carbocycles. The lowest BCUT2D eigenvalue weighted by Crippen LogP contribution is -2.30. The van der Waals surface area contributed by atoms with E-state index < -0.39 is 97.5 Å². The Balaban J connectivity index is 5.26. The molecule has 564 valence electrons. The van der Waals surface area contributed by atoms with Crippen molar-refractivity contribution in [1.29, 1.82) is 0 Å². The molecule has 5 atom stereocenters. The molecule has 2 unspecified atom stereocenters. The van der Waals surface area contributed by atoms with E-state index in [1.165, 1.54) is 225 Å². The van der Waals surface area contributed by atoms with Gasteiger partial charge in [-0.1, -0.05) is 349 Å². The smallest absolute Gasteiger partial charge is 0.462 e. The van der Waals surface area contributed by atoms with Crippen LogP contribution in [0.15, 0.2) is 0 Å². The lowest BCUT2D eigenvalue weighted by molar-refractivity contribution is -0.161. The number of aliphatic hydroxyl groups is 1. The van der Waals surface area contributed by atoms with Gasteiger partial charge in [0.1, 0.15) is 19.3 Å². The number of hydrogen-bond acceptors (Lipinski definition) is 15. The molecule has 0 bridgehead atoms. The maximum Gasteiger partial charge on any atom is 0.472 e. The number of phosphoric acid groups is 2. The average Bonchev–Trinajstić information content (AvgIpc) is 3.73. The molecule has 3 N–H and O–H groups in total. The van der Waals surface area contributed by atoms with Crippen molar-refractivity contribution in [3.05, 3.63) is 0 Å². The van der Waals surface area contributed by atoms with E-state index in [1.807, 2.05) is 0 Å². The van der Waals surface area contributed by atoms with Gasteiger partial charge in [0, 0.05) is 25.7 Å². The van der Waals surface area contributed by atoms with Gasteiger partial charge in [0.25, 0.3) is 0 Å². The third kappa shape index (κ3) is 70.3. The third-order valence-electron chi connectivity index (χ3n) is 17.8. The SMILES string of the molecule is CCCCCCCCCCCCCCCCCC(=O)OC[C@H](COP(=O)(O)OC[C@@H](O)COP(=O)(O)OC[C@@H](COC(=O)CCCCCCCCCCCC(C)C)OC(=O)CCCCCCCCCCCCCCC)OC(=O)CCCCCCCCCCCCCCCCC. The van der Waals surface area contributed by atoms with E-state index in [4.69, 9.17) is 37.0 Å². The minimum atomic E-state index is -4.96. The quantitative estimate of drug-likeness (QED) is 0.0222. The molecule has 0 aliphatic carbocycles. The maximum atomic E-state index is 13.1. The van der Waals surface area contributed by atoms with E-state index in [2.05, 4.69) is 34.6 Å². The molecular formula is C76H148O17P2. The second-order valence-electron chi connectivity index (χ2n) is 27.9. The predicted molar refractivity (Wildman–Crippen MR) is 386 cm³/mol. The highest BCUT2D eigenvalue weighted by atomic mass is 31.2. The minimum Gasteiger partial charge on any atom is -0.462 e. The van der Waals surface area contributed by atoms with E-state index in [9.17, 15) is 43.2 Å². The van der Waals surface area contributed by atoms with Gasteiger partial charge in [-0.2, -0.15) is 0 Å². The van der Waals surface area contributed by atoms with E-state index in [0.29, 0.717) is 25.7 Å². The largest absolute Gasteiger partial charge is 0.472 e. The number of aliphatic hydroxyl groups excluding tert-OH is 1. The summed E-state index contributed by atoms with van der Waals surface area (Å²) in [6.45, 7) is 7.29. The Hall–Kier alpha value is -1.94. The van der Waals surface area contributed by atoms with Crippen molar-refractivity contribution in [2.75, 3.05) is 39.6 Å². The van der Waals surface area contributed by atoms with E-state index in [0.717, 1.165) is 95.8 Å². The predicted octanol–water partition coefficient (Wildman–Crippen LogP) is 22.5. The summed E-state index contributed by atoms with van der Waals surface area (Å²) >= 11 is 0. The van der Waals surface area contributed by atoms with Crippen LogP contribution in [0.2, 0.25) is 0 Å². The monoisotopic (exact) mass is 1400 g/mol. The first-order chi connectivity index (χ1) is 46.0. The molecule has 17 nitrogen and oxygen atoms in total. The molecule has 0 saturated carbocycles.